The summed E-state index contributed by atoms with van der Waals surface area (Å²) >= 11 is 0. The van der Waals surface area contributed by atoms with Gasteiger partial charge in [0.25, 0.3) is 0 Å². The van der Waals surface area contributed by atoms with E-state index in [-0.39, 0.29) is 29.6 Å². The van der Waals surface area contributed by atoms with Crippen LogP contribution in [0.3, 0.4) is 0 Å². The van der Waals surface area contributed by atoms with Gasteiger partial charge in [0.2, 0.25) is 11.8 Å². The van der Waals surface area contributed by atoms with Crippen LogP contribution in [-0.4, -0.2) is 34.8 Å². The second-order valence-corrected chi connectivity index (χ2v) is 7.16. The number of rotatable bonds is 5. The molecule has 5 nitrogen and oxygen atoms in total. The largest absolute Gasteiger partial charge is 0.296 e. The van der Waals surface area contributed by atoms with E-state index in [0.717, 1.165) is 32.1 Å². The number of fused-ring (bicyclic) bond motifs is 1. The molecule has 4 atom stereocenters. The van der Waals surface area contributed by atoms with Crippen molar-refractivity contribution in [1.29, 1.82) is 5.26 Å². The summed E-state index contributed by atoms with van der Waals surface area (Å²) in [5.41, 5.74) is -0.421. The molecule has 4 aliphatic rings. The third-order valence-electron chi connectivity index (χ3n) is 5.72. The first-order valence-corrected chi connectivity index (χ1v) is 8.19. The zero-order valence-corrected chi connectivity index (χ0v) is 12.2. The van der Waals surface area contributed by atoms with Gasteiger partial charge in [-0.15, -0.1) is 0 Å². The van der Waals surface area contributed by atoms with Crippen LogP contribution in [0.2, 0.25) is 0 Å². The van der Waals surface area contributed by atoms with Crippen LogP contribution in [0.4, 0.5) is 0 Å². The Morgan fingerprint density at radius 3 is 2.57 bits per heavy atom. The number of likely N-dealkylation sites (tertiary alicyclic amines) is 1. The fourth-order valence-electron chi connectivity index (χ4n) is 4.19. The Labute approximate surface area is 124 Å². The Bertz CT molecular complexity index is 516. The zero-order chi connectivity index (χ0) is 14.6. The summed E-state index contributed by atoms with van der Waals surface area (Å²) in [5.74, 6) is 0.305. The molecular formula is C16H21N3O2. The first-order valence-electron chi connectivity index (χ1n) is 8.19. The Morgan fingerprint density at radius 2 is 1.95 bits per heavy atom. The molecule has 2 amide bonds. The predicted octanol–water partition coefficient (Wildman–Crippen LogP) is 1.20. The summed E-state index contributed by atoms with van der Waals surface area (Å²) < 4.78 is 0. The second-order valence-electron chi connectivity index (χ2n) is 7.16. The summed E-state index contributed by atoms with van der Waals surface area (Å²) in [6.45, 7) is 0.505. The minimum absolute atomic E-state index is 0.00797. The number of nitrogens with one attached hydrogen (secondary N) is 1. The summed E-state index contributed by atoms with van der Waals surface area (Å²) in [7, 11) is 0. The molecule has 4 fully saturated rings. The van der Waals surface area contributed by atoms with Gasteiger partial charge in [-0.1, -0.05) is 6.42 Å². The Hall–Kier alpha value is -1.41. The van der Waals surface area contributed by atoms with E-state index >= 15 is 0 Å². The van der Waals surface area contributed by atoms with Gasteiger partial charge in [0.15, 0.2) is 0 Å². The molecule has 1 N–H and O–H groups in total. The van der Waals surface area contributed by atoms with Gasteiger partial charge in [-0.25, -0.2) is 0 Å². The molecule has 112 valence electrons. The third kappa shape index (κ3) is 2.08. The molecule has 0 aromatic rings. The number of hydrogen-bond donors (Lipinski definition) is 1. The highest BCUT2D eigenvalue weighted by Crippen LogP contribution is 2.47. The third-order valence-corrected chi connectivity index (χ3v) is 5.72. The van der Waals surface area contributed by atoms with Gasteiger partial charge in [-0.2, -0.15) is 5.26 Å². The van der Waals surface area contributed by atoms with Crippen LogP contribution in [0.15, 0.2) is 0 Å². The van der Waals surface area contributed by atoms with Crippen molar-refractivity contribution in [2.24, 2.45) is 17.8 Å². The number of piperidine rings is 1. The molecule has 4 unspecified atom stereocenters. The molecule has 1 saturated heterocycles. The molecule has 0 aromatic heterocycles. The maximum absolute atomic E-state index is 12.0. The van der Waals surface area contributed by atoms with E-state index in [9.17, 15) is 14.9 Å². The molecule has 0 aromatic carbocycles. The van der Waals surface area contributed by atoms with Crippen molar-refractivity contribution in [3.63, 3.8) is 0 Å². The molecule has 1 heterocycles. The maximum atomic E-state index is 12.0. The van der Waals surface area contributed by atoms with Gasteiger partial charge < -0.3 is 0 Å². The zero-order valence-electron chi connectivity index (χ0n) is 12.2. The highest BCUT2D eigenvalue weighted by molar-refractivity contribution is 6.08. The number of hydrogen-bond acceptors (Lipinski definition) is 4. The molecule has 5 heteroatoms. The van der Waals surface area contributed by atoms with E-state index < -0.39 is 5.54 Å². The molecule has 0 radical (unpaired) electrons. The summed E-state index contributed by atoms with van der Waals surface area (Å²) in [5, 5.41) is 13.2. The molecule has 0 bridgehead atoms. The van der Waals surface area contributed by atoms with Gasteiger partial charge in [0.1, 0.15) is 5.54 Å². The van der Waals surface area contributed by atoms with E-state index in [2.05, 4.69) is 11.4 Å². The fourth-order valence-corrected chi connectivity index (χ4v) is 4.19. The van der Waals surface area contributed by atoms with Crippen LogP contribution in [-0.2, 0) is 9.59 Å². The van der Waals surface area contributed by atoms with Crippen LogP contribution in [0.5, 0.6) is 0 Å². The van der Waals surface area contributed by atoms with E-state index in [0.29, 0.717) is 12.6 Å². The Kier molecular flexibility index (Phi) is 2.87. The standard InChI is InChI=1S/C16H21N3O2/c17-9-16(18-11-3-4-11)6-1-2-10(16)5-7-19-14(20)12-8-13(12)15(19)21/h10-13,18H,1-8H2. The average Bonchev–Trinajstić information content (AvgIpc) is 3.37. The van der Waals surface area contributed by atoms with Crippen molar-refractivity contribution in [1.82, 2.24) is 10.2 Å². The molecule has 0 spiro atoms. The minimum Gasteiger partial charge on any atom is -0.296 e. The number of nitrogens with zero attached hydrogens (tertiary/aromatic N) is 2. The normalized spacial score (nSPS) is 41.3. The Balaban J connectivity index is 1.40. The lowest BCUT2D eigenvalue weighted by atomic mass is 9.85. The van der Waals surface area contributed by atoms with Crippen molar-refractivity contribution >= 4 is 11.8 Å². The average molecular weight is 287 g/mol. The topological polar surface area (TPSA) is 73.2 Å². The van der Waals surface area contributed by atoms with Crippen LogP contribution in [0, 0.1) is 29.1 Å². The maximum Gasteiger partial charge on any atom is 0.233 e. The van der Waals surface area contributed by atoms with E-state index in [1.54, 1.807) is 0 Å². The van der Waals surface area contributed by atoms with Crippen LogP contribution >= 0.6 is 0 Å². The summed E-state index contributed by atoms with van der Waals surface area (Å²) in [6, 6.07) is 3.02. The van der Waals surface area contributed by atoms with Crippen molar-refractivity contribution in [3.8, 4) is 6.07 Å². The quantitative estimate of drug-likeness (QED) is 0.771. The number of amides is 2. The lowest BCUT2D eigenvalue weighted by Gasteiger charge is -2.31. The van der Waals surface area contributed by atoms with Gasteiger partial charge in [-0.05, 0) is 44.4 Å². The van der Waals surface area contributed by atoms with Crippen LogP contribution in [0.25, 0.3) is 0 Å². The molecule has 3 saturated carbocycles. The lowest BCUT2D eigenvalue weighted by molar-refractivity contribution is -0.141. The van der Waals surface area contributed by atoms with Gasteiger partial charge in [0.05, 0.1) is 17.9 Å². The monoisotopic (exact) mass is 287 g/mol. The highest BCUT2D eigenvalue weighted by atomic mass is 16.2. The molecule has 3 aliphatic carbocycles. The molecule has 21 heavy (non-hydrogen) atoms. The Morgan fingerprint density at radius 1 is 1.24 bits per heavy atom. The molecule has 4 rings (SSSR count). The van der Waals surface area contributed by atoms with Crippen molar-refractivity contribution < 1.29 is 9.59 Å². The second kappa shape index (κ2) is 4.54. The SMILES string of the molecule is N#CC1(NC2CC2)CCCC1CCN1C(=O)C2CC2C1=O. The van der Waals surface area contributed by atoms with Crippen molar-refractivity contribution in [3.05, 3.63) is 0 Å². The number of carbonyl (C=O) groups excluding carboxylic acids is 2. The van der Waals surface area contributed by atoms with Gasteiger partial charge in [0, 0.05) is 12.6 Å². The van der Waals surface area contributed by atoms with Crippen molar-refractivity contribution in [2.45, 2.75) is 56.5 Å². The van der Waals surface area contributed by atoms with Crippen LogP contribution in [0.1, 0.15) is 44.9 Å². The summed E-state index contributed by atoms with van der Waals surface area (Å²) in [6.07, 6.45) is 6.86. The molecule has 1 aliphatic heterocycles. The van der Waals surface area contributed by atoms with E-state index in [4.69, 9.17) is 0 Å². The summed E-state index contributed by atoms with van der Waals surface area (Å²) in [4.78, 5) is 25.5. The van der Waals surface area contributed by atoms with Crippen LogP contribution < -0.4 is 5.32 Å². The minimum atomic E-state index is -0.421. The van der Waals surface area contributed by atoms with E-state index in [1.807, 2.05) is 0 Å². The van der Waals surface area contributed by atoms with Crippen molar-refractivity contribution in [2.75, 3.05) is 6.54 Å². The number of imide groups is 1. The smallest absolute Gasteiger partial charge is 0.233 e. The predicted molar refractivity (Wildman–Crippen MR) is 74.8 cm³/mol. The fraction of sp³-hybridized carbons (Fsp3) is 0.812. The first-order chi connectivity index (χ1) is 10.1. The van der Waals surface area contributed by atoms with Gasteiger partial charge >= 0.3 is 0 Å². The number of carbonyl (C=O) groups is 2. The lowest BCUT2D eigenvalue weighted by Crippen LogP contribution is -2.49. The first kappa shape index (κ1) is 13.3. The highest BCUT2D eigenvalue weighted by Gasteiger charge is 2.58. The van der Waals surface area contributed by atoms with E-state index in [1.165, 1.54) is 17.7 Å². The number of nitriles is 1. The van der Waals surface area contributed by atoms with Gasteiger partial charge in [-0.3, -0.25) is 19.8 Å². The molecular weight excluding hydrogens is 266 g/mol.